The summed E-state index contributed by atoms with van der Waals surface area (Å²) in [6, 6.07) is 3.62. The first-order valence-corrected chi connectivity index (χ1v) is 7.29. The summed E-state index contributed by atoms with van der Waals surface area (Å²) in [5, 5.41) is 14.9. The number of hydrogen-bond acceptors (Lipinski definition) is 5. The molecule has 23 heavy (non-hydrogen) atoms. The lowest BCUT2D eigenvalue weighted by atomic mass is 10.0. The minimum absolute atomic E-state index is 0.219. The van der Waals surface area contributed by atoms with Crippen molar-refractivity contribution in [1.82, 2.24) is 14.8 Å². The fraction of sp³-hybridized carbons (Fsp3) is 0.417. The lowest BCUT2D eigenvalue weighted by molar-refractivity contribution is -0.120. The van der Waals surface area contributed by atoms with Crippen LogP contribution in [0.4, 0.5) is 15.0 Å². The molecule has 1 fully saturated rings. The Balaban J connectivity index is 2.16. The number of carbonyl (C=O) groups excluding carboxylic acids is 1. The third kappa shape index (κ3) is 4.08. The zero-order valence-electron chi connectivity index (χ0n) is 11.7. The maximum Gasteiger partial charge on any atom is 0.408 e. The van der Waals surface area contributed by atoms with Gasteiger partial charge in [0.2, 0.25) is 10.8 Å². The second-order valence-electron chi connectivity index (χ2n) is 5.02. The van der Waals surface area contributed by atoms with Crippen LogP contribution in [0.1, 0.15) is 6.42 Å². The van der Waals surface area contributed by atoms with Gasteiger partial charge in [0.25, 0.3) is 0 Å². The summed E-state index contributed by atoms with van der Waals surface area (Å²) in [5.74, 6) is -0.461. The molecule has 2 unspecified atom stereocenters. The summed E-state index contributed by atoms with van der Waals surface area (Å²) in [7, 11) is 0. The molecule has 0 aromatic carbocycles. The molecular formula is C12H13BrFN6O3+. The van der Waals surface area contributed by atoms with E-state index in [2.05, 4.69) is 36.3 Å². The van der Waals surface area contributed by atoms with E-state index in [1.807, 2.05) is 0 Å². The third-order valence-electron chi connectivity index (χ3n) is 3.33. The third-order valence-corrected chi connectivity index (χ3v) is 3.77. The smallest absolute Gasteiger partial charge is 0.408 e. The van der Waals surface area contributed by atoms with Crippen LogP contribution in [0.15, 0.2) is 27.9 Å². The van der Waals surface area contributed by atoms with Gasteiger partial charge in [0, 0.05) is 6.42 Å². The fourth-order valence-corrected chi connectivity index (χ4v) is 2.68. The average Bonchev–Trinajstić information content (AvgIpc) is 2.84. The molecule has 1 aliphatic heterocycles. The molecule has 0 spiro atoms. The van der Waals surface area contributed by atoms with E-state index in [1.54, 1.807) is 12.1 Å². The number of rotatable bonds is 4. The zero-order chi connectivity index (χ0) is 17.0. The number of aromatic nitrogens is 1. The number of likely N-dealkylation sites (tertiary alicyclic amines) is 1. The van der Waals surface area contributed by atoms with Gasteiger partial charge in [0.15, 0.2) is 12.2 Å². The van der Waals surface area contributed by atoms with Crippen LogP contribution in [0.2, 0.25) is 0 Å². The largest absolute Gasteiger partial charge is 0.465 e. The van der Waals surface area contributed by atoms with Crippen LogP contribution in [-0.2, 0) is 4.79 Å². The van der Waals surface area contributed by atoms with Crippen molar-refractivity contribution in [3.05, 3.63) is 22.8 Å². The van der Waals surface area contributed by atoms with E-state index in [-0.39, 0.29) is 12.2 Å². The lowest BCUT2D eigenvalue weighted by Gasteiger charge is -2.19. The fourth-order valence-electron chi connectivity index (χ4n) is 2.34. The molecule has 0 aliphatic carbocycles. The van der Waals surface area contributed by atoms with E-state index >= 15 is 0 Å². The van der Waals surface area contributed by atoms with Crippen molar-refractivity contribution in [1.29, 1.82) is 5.53 Å². The molecule has 122 valence electrons. The monoisotopic (exact) mass is 387 g/mol. The van der Waals surface area contributed by atoms with Crippen LogP contribution in [0, 0.1) is 5.53 Å². The van der Waals surface area contributed by atoms with E-state index in [9.17, 15) is 14.0 Å². The van der Waals surface area contributed by atoms with Gasteiger partial charge in [-0.05, 0) is 28.1 Å². The molecule has 9 nitrogen and oxygen atoms in total. The SMILES string of the molecule is N=[N+]=NCC1(F)CC(C(=O)Nc2cccc(Br)n2)N(C(=O)O)C1. The summed E-state index contributed by atoms with van der Waals surface area (Å²) in [4.78, 5) is 31.0. The second-order valence-corrected chi connectivity index (χ2v) is 5.83. The zero-order valence-corrected chi connectivity index (χ0v) is 13.3. The number of carboxylic acid groups (broad SMARTS) is 1. The molecule has 1 aromatic heterocycles. The number of halogens is 2. The van der Waals surface area contributed by atoms with Crippen molar-refractivity contribution in [3.8, 4) is 0 Å². The minimum Gasteiger partial charge on any atom is -0.465 e. The Morgan fingerprint density at radius 1 is 1.65 bits per heavy atom. The first-order valence-electron chi connectivity index (χ1n) is 6.50. The highest BCUT2D eigenvalue weighted by molar-refractivity contribution is 9.10. The van der Waals surface area contributed by atoms with Crippen molar-refractivity contribution in [2.75, 3.05) is 18.4 Å². The van der Waals surface area contributed by atoms with Crippen molar-refractivity contribution < 1.29 is 19.1 Å². The van der Waals surface area contributed by atoms with Crippen LogP contribution >= 0.6 is 15.9 Å². The molecule has 2 rings (SSSR count). The molecule has 0 radical (unpaired) electrons. The standard InChI is InChI=1S/C12H12BrFN6O3/c13-8-2-1-3-9(17-8)18-10(21)7-4-12(14,5-16-19-15)6-20(7)11(22)23/h1-3,7,15H,4-6H2,(H-,17,18,21,22,23)/p+1. The van der Waals surface area contributed by atoms with E-state index < -0.39 is 36.8 Å². The Morgan fingerprint density at radius 2 is 2.39 bits per heavy atom. The van der Waals surface area contributed by atoms with Gasteiger partial charge in [0.05, 0.1) is 6.54 Å². The first kappa shape index (κ1) is 17.0. The minimum atomic E-state index is -2.03. The van der Waals surface area contributed by atoms with Gasteiger partial charge in [-0.1, -0.05) is 6.07 Å². The van der Waals surface area contributed by atoms with E-state index in [4.69, 9.17) is 10.6 Å². The summed E-state index contributed by atoms with van der Waals surface area (Å²) in [6.07, 6.45) is -1.77. The van der Waals surface area contributed by atoms with Gasteiger partial charge in [-0.3, -0.25) is 9.69 Å². The molecule has 1 aromatic rings. The molecule has 2 atom stereocenters. The van der Waals surface area contributed by atoms with E-state index in [0.29, 0.717) is 9.50 Å². The van der Waals surface area contributed by atoms with Crippen LogP contribution in [0.5, 0.6) is 0 Å². The lowest BCUT2D eigenvalue weighted by Crippen LogP contribution is -2.42. The summed E-state index contributed by atoms with van der Waals surface area (Å²) in [6.45, 7) is -0.982. The topological polar surface area (TPSA) is 133 Å². The highest BCUT2D eigenvalue weighted by atomic mass is 79.9. The first-order chi connectivity index (χ1) is 10.8. The quantitative estimate of drug-likeness (QED) is 0.412. The van der Waals surface area contributed by atoms with Crippen LogP contribution in [0.25, 0.3) is 0 Å². The number of nitrogens with one attached hydrogen (secondary N) is 2. The Morgan fingerprint density at radius 3 is 3.00 bits per heavy atom. The number of nitrogens with zero attached hydrogens (tertiary/aromatic N) is 4. The van der Waals surface area contributed by atoms with Crippen LogP contribution < -0.4 is 10.2 Å². The average molecular weight is 388 g/mol. The predicted octanol–water partition coefficient (Wildman–Crippen LogP) is 1.79. The van der Waals surface area contributed by atoms with Gasteiger partial charge < -0.3 is 10.4 Å². The Hall–Kier alpha value is -2.39. The number of pyridine rings is 1. The summed E-state index contributed by atoms with van der Waals surface area (Å²) in [5.41, 5.74) is 4.53. The van der Waals surface area contributed by atoms with E-state index in [0.717, 1.165) is 0 Å². The van der Waals surface area contributed by atoms with Crippen molar-refractivity contribution in [2.24, 2.45) is 5.11 Å². The van der Waals surface area contributed by atoms with Gasteiger partial charge in [-0.15, -0.1) is 0 Å². The van der Waals surface area contributed by atoms with Gasteiger partial charge in [0.1, 0.15) is 27.1 Å². The van der Waals surface area contributed by atoms with Crippen molar-refractivity contribution >= 4 is 33.7 Å². The summed E-state index contributed by atoms with van der Waals surface area (Å²) < 4.78 is 15.1. The predicted molar refractivity (Wildman–Crippen MR) is 79.7 cm³/mol. The van der Waals surface area contributed by atoms with Crippen molar-refractivity contribution in [2.45, 2.75) is 18.1 Å². The van der Waals surface area contributed by atoms with E-state index in [1.165, 1.54) is 6.07 Å². The molecule has 1 saturated heterocycles. The molecule has 0 bridgehead atoms. The summed E-state index contributed by atoms with van der Waals surface area (Å²) >= 11 is 3.15. The number of carbonyl (C=O) groups is 2. The highest BCUT2D eigenvalue weighted by Crippen LogP contribution is 2.32. The molecule has 1 aliphatic rings. The Bertz CT molecular complexity index is 683. The molecular weight excluding hydrogens is 375 g/mol. The number of amides is 2. The highest BCUT2D eigenvalue weighted by Gasteiger charge is 2.50. The maximum atomic E-state index is 14.6. The normalized spacial score (nSPS) is 23.2. The number of alkyl halides is 1. The number of anilines is 1. The molecule has 11 heteroatoms. The van der Waals surface area contributed by atoms with Gasteiger partial charge in [-0.2, -0.15) is 0 Å². The molecule has 0 saturated carbocycles. The maximum absolute atomic E-state index is 14.6. The molecule has 3 N–H and O–H groups in total. The van der Waals surface area contributed by atoms with Crippen LogP contribution in [0.3, 0.4) is 0 Å². The van der Waals surface area contributed by atoms with Gasteiger partial charge in [-0.25, -0.2) is 14.2 Å². The number of hydrogen-bond donors (Lipinski definition) is 3. The Labute approximate surface area is 138 Å². The van der Waals surface area contributed by atoms with Crippen LogP contribution in [-0.4, -0.2) is 51.8 Å². The second kappa shape index (κ2) is 6.80. The van der Waals surface area contributed by atoms with Gasteiger partial charge >= 0.3 is 6.09 Å². The Kier molecular flexibility index (Phi) is 5.02. The molecule has 2 amide bonds. The van der Waals surface area contributed by atoms with Crippen molar-refractivity contribution in [3.63, 3.8) is 0 Å². The molecule has 2 heterocycles.